The molecule has 0 unspecified atom stereocenters. The topological polar surface area (TPSA) is 49.9 Å². The molecule has 0 saturated carbocycles. The van der Waals surface area contributed by atoms with Crippen molar-refractivity contribution in [2.45, 2.75) is 11.8 Å². The van der Waals surface area contributed by atoms with Gasteiger partial charge >= 0.3 is 0 Å². The Morgan fingerprint density at radius 3 is 2.26 bits per heavy atom. The van der Waals surface area contributed by atoms with E-state index in [9.17, 15) is 8.42 Å². The Labute approximate surface area is 174 Å². The van der Waals surface area contributed by atoms with Crippen molar-refractivity contribution in [3.8, 4) is 5.75 Å². The van der Waals surface area contributed by atoms with Gasteiger partial charge in [0.2, 0.25) is 10.0 Å². The summed E-state index contributed by atoms with van der Waals surface area (Å²) in [7, 11) is -2.38. The molecule has 0 spiro atoms. The van der Waals surface area contributed by atoms with Gasteiger partial charge in [-0.25, -0.2) is 8.42 Å². The van der Waals surface area contributed by atoms with Crippen LogP contribution in [-0.2, 0) is 10.0 Å². The average molecular weight is 450 g/mol. The highest BCUT2D eigenvalue weighted by atomic mass is 35.5. The zero-order chi connectivity index (χ0) is 19.8. The molecule has 0 bridgehead atoms. The summed E-state index contributed by atoms with van der Waals surface area (Å²) < 4.78 is 32.8. The molecule has 0 amide bonds. The van der Waals surface area contributed by atoms with Crippen LogP contribution in [0.2, 0.25) is 15.1 Å². The van der Waals surface area contributed by atoms with Crippen molar-refractivity contribution in [1.29, 1.82) is 0 Å². The lowest BCUT2D eigenvalue weighted by molar-refractivity contribution is 0.374. The van der Waals surface area contributed by atoms with E-state index in [0.717, 1.165) is 11.3 Å². The Hall–Kier alpha value is -1.18. The molecule has 27 heavy (non-hydrogen) atoms. The number of methoxy groups -OCH3 is 1. The predicted octanol–water partition coefficient (Wildman–Crippen LogP) is 4.47. The molecule has 0 atom stereocenters. The zero-order valence-corrected chi connectivity index (χ0v) is 18.0. The summed E-state index contributed by atoms with van der Waals surface area (Å²) in [4.78, 5) is 2.16. The van der Waals surface area contributed by atoms with Gasteiger partial charge in [-0.3, -0.25) is 0 Å². The van der Waals surface area contributed by atoms with Crippen molar-refractivity contribution in [3.63, 3.8) is 0 Å². The minimum absolute atomic E-state index is 0.0202. The maximum atomic E-state index is 13.1. The number of nitrogens with zero attached hydrogens (tertiary/aromatic N) is 2. The quantitative estimate of drug-likeness (QED) is 0.691. The van der Waals surface area contributed by atoms with Crippen LogP contribution in [0.3, 0.4) is 0 Å². The Bertz CT molecular complexity index is 959. The van der Waals surface area contributed by atoms with Gasteiger partial charge in [-0.15, -0.1) is 0 Å². The van der Waals surface area contributed by atoms with Gasteiger partial charge < -0.3 is 9.64 Å². The summed E-state index contributed by atoms with van der Waals surface area (Å²) in [5.41, 5.74) is 2.01. The molecule has 1 aliphatic rings. The summed E-state index contributed by atoms with van der Waals surface area (Å²) in [6.07, 6.45) is 0. The van der Waals surface area contributed by atoms with Gasteiger partial charge in [-0.2, -0.15) is 4.31 Å². The minimum Gasteiger partial charge on any atom is -0.494 e. The highest BCUT2D eigenvalue weighted by Gasteiger charge is 2.32. The fourth-order valence-corrected chi connectivity index (χ4v) is 5.35. The number of piperazine rings is 1. The third-order valence-electron chi connectivity index (χ3n) is 4.65. The monoisotopic (exact) mass is 448 g/mol. The van der Waals surface area contributed by atoms with Crippen molar-refractivity contribution in [2.24, 2.45) is 0 Å². The zero-order valence-electron chi connectivity index (χ0n) is 14.9. The van der Waals surface area contributed by atoms with E-state index in [1.165, 1.54) is 23.5 Å². The standard InChI is InChI=1S/C18H19Cl3N2O3S/c1-12-13(19)4-3-5-15(12)22-8-10-23(11-9-22)27(24,25)16-7-6-14(20)17(21)18(16)26-2/h3-7H,8-11H2,1-2H3. The Balaban J connectivity index is 1.84. The smallest absolute Gasteiger partial charge is 0.246 e. The van der Waals surface area contributed by atoms with E-state index in [1.807, 2.05) is 25.1 Å². The van der Waals surface area contributed by atoms with Gasteiger partial charge in [0.15, 0.2) is 5.75 Å². The van der Waals surface area contributed by atoms with Gasteiger partial charge in [-0.05, 0) is 36.8 Å². The number of anilines is 1. The molecule has 0 N–H and O–H groups in total. The Kier molecular flexibility index (Phi) is 6.13. The van der Waals surface area contributed by atoms with E-state index in [4.69, 9.17) is 39.5 Å². The molecule has 146 valence electrons. The summed E-state index contributed by atoms with van der Waals surface area (Å²) >= 11 is 18.3. The summed E-state index contributed by atoms with van der Waals surface area (Å²) in [6, 6.07) is 8.63. The van der Waals surface area contributed by atoms with Gasteiger partial charge in [0.05, 0.1) is 12.1 Å². The molecule has 0 aromatic heterocycles. The molecular weight excluding hydrogens is 431 g/mol. The largest absolute Gasteiger partial charge is 0.494 e. The third-order valence-corrected chi connectivity index (χ3v) is 7.77. The van der Waals surface area contributed by atoms with E-state index in [0.29, 0.717) is 31.2 Å². The van der Waals surface area contributed by atoms with Crippen LogP contribution < -0.4 is 9.64 Å². The summed E-state index contributed by atoms with van der Waals surface area (Å²) in [6.45, 7) is 3.77. The van der Waals surface area contributed by atoms with E-state index in [1.54, 1.807) is 0 Å². The van der Waals surface area contributed by atoms with Crippen molar-refractivity contribution in [2.75, 3.05) is 38.2 Å². The highest BCUT2D eigenvalue weighted by Crippen LogP contribution is 2.39. The molecule has 1 fully saturated rings. The number of benzene rings is 2. The first-order valence-corrected chi connectivity index (χ1v) is 10.9. The predicted molar refractivity (Wildman–Crippen MR) is 110 cm³/mol. The lowest BCUT2D eigenvalue weighted by atomic mass is 10.1. The van der Waals surface area contributed by atoms with Crippen LogP contribution in [0.4, 0.5) is 5.69 Å². The number of hydrogen-bond donors (Lipinski definition) is 0. The number of ether oxygens (including phenoxy) is 1. The third kappa shape index (κ3) is 3.87. The van der Waals surface area contributed by atoms with Crippen LogP contribution in [0.15, 0.2) is 35.2 Å². The second-order valence-electron chi connectivity index (χ2n) is 6.17. The maximum absolute atomic E-state index is 13.1. The molecule has 1 heterocycles. The fourth-order valence-electron chi connectivity index (χ4n) is 3.15. The minimum atomic E-state index is -3.76. The van der Waals surface area contributed by atoms with Gasteiger partial charge in [0.1, 0.15) is 9.92 Å². The molecule has 1 aliphatic heterocycles. The van der Waals surface area contributed by atoms with Gasteiger partial charge in [0, 0.05) is 36.9 Å². The lowest BCUT2D eigenvalue weighted by Gasteiger charge is -2.36. The Morgan fingerprint density at radius 2 is 1.63 bits per heavy atom. The molecular formula is C18H19Cl3N2O3S. The molecule has 9 heteroatoms. The average Bonchev–Trinajstić information content (AvgIpc) is 2.66. The number of sulfonamides is 1. The normalized spacial score (nSPS) is 15.8. The Morgan fingerprint density at radius 1 is 0.963 bits per heavy atom. The van der Waals surface area contributed by atoms with Crippen LogP contribution in [0.1, 0.15) is 5.56 Å². The van der Waals surface area contributed by atoms with Gasteiger partial charge in [0.25, 0.3) is 0 Å². The summed E-state index contributed by atoms with van der Waals surface area (Å²) in [5, 5.41) is 1.03. The van der Waals surface area contributed by atoms with Crippen LogP contribution >= 0.6 is 34.8 Å². The number of rotatable bonds is 4. The van der Waals surface area contributed by atoms with Crippen LogP contribution in [-0.4, -0.2) is 46.0 Å². The van der Waals surface area contributed by atoms with Crippen molar-refractivity contribution >= 4 is 50.5 Å². The molecule has 2 aromatic rings. The first-order valence-electron chi connectivity index (χ1n) is 8.29. The van der Waals surface area contributed by atoms with Crippen LogP contribution in [0, 0.1) is 6.92 Å². The fraction of sp³-hybridized carbons (Fsp3) is 0.333. The first kappa shape index (κ1) is 20.6. The summed E-state index contributed by atoms with van der Waals surface area (Å²) in [5.74, 6) is 0.0669. The molecule has 3 rings (SSSR count). The molecule has 5 nitrogen and oxygen atoms in total. The van der Waals surface area contributed by atoms with E-state index in [-0.39, 0.29) is 20.7 Å². The van der Waals surface area contributed by atoms with E-state index >= 15 is 0 Å². The van der Waals surface area contributed by atoms with E-state index in [2.05, 4.69) is 4.90 Å². The van der Waals surface area contributed by atoms with Crippen LogP contribution in [0.5, 0.6) is 5.75 Å². The first-order chi connectivity index (χ1) is 12.8. The second kappa shape index (κ2) is 8.05. The molecule has 0 aliphatic carbocycles. The highest BCUT2D eigenvalue weighted by molar-refractivity contribution is 7.89. The van der Waals surface area contributed by atoms with Crippen LogP contribution in [0.25, 0.3) is 0 Å². The van der Waals surface area contributed by atoms with Crippen molar-refractivity contribution < 1.29 is 13.2 Å². The molecule has 0 radical (unpaired) electrons. The van der Waals surface area contributed by atoms with E-state index < -0.39 is 10.0 Å². The lowest BCUT2D eigenvalue weighted by Crippen LogP contribution is -2.48. The number of hydrogen-bond acceptors (Lipinski definition) is 4. The maximum Gasteiger partial charge on any atom is 0.246 e. The molecule has 2 aromatic carbocycles. The van der Waals surface area contributed by atoms with Crippen molar-refractivity contribution in [3.05, 3.63) is 51.0 Å². The molecule has 1 saturated heterocycles. The van der Waals surface area contributed by atoms with Crippen molar-refractivity contribution in [1.82, 2.24) is 4.31 Å². The SMILES string of the molecule is COc1c(S(=O)(=O)N2CCN(c3cccc(Cl)c3C)CC2)ccc(Cl)c1Cl. The van der Waals surface area contributed by atoms with Gasteiger partial charge in [-0.1, -0.05) is 40.9 Å². The number of halogens is 3. The second-order valence-corrected chi connectivity index (χ2v) is 9.27.